The zero-order valence-electron chi connectivity index (χ0n) is 14.6. The molecule has 27 heavy (non-hydrogen) atoms. The number of fused-ring (bicyclic) bond motifs is 1. The van der Waals surface area contributed by atoms with Crippen LogP contribution in [0.5, 0.6) is 0 Å². The monoisotopic (exact) mass is 463 g/mol. The molecule has 2 aromatic rings. The molecule has 2 rings (SSSR count). The quantitative estimate of drug-likeness (QED) is 0.151. The van der Waals surface area contributed by atoms with E-state index in [0.29, 0.717) is 6.02 Å². The van der Waals surface area contributed by atoms with E-state index in [1.807, 2.05) is 61.9 Å². The molecule has 0 radical (unpaired) electrons. The molecule has 0 saturated carbocycles. The fourth-order valence-corrected chi connectivity index (χ4v) is 1.56. The van der Waals surface area contributed by atoms with Crippen molar-refractivity contribution in [1.82, 2.24) is 20.1 Å². The Morgan fingerprint density at radius 2 is 1.56 bits per heavy atom. The number of hydrogen-bond acceptors (Lipinski definition) is 3. The third-order valence-corrected chi connectivity index (χ3v) is 2.25. The Labute approximate surface area is 161 Å². The summed E-state index contributed by atoms with van der Waals surface area (Å²) in [6.45, 7) is 0. The van der Waals surface area contributed by atoms with Crippen molar-refractivity contribution in [1.29, 1.82) is 0 Å². The number of amidine groups is 1. The van der Waals surface area contributed by atoms with Crippen LogP contribution in [0.3, 0.4) is 0 Å². The zero-order chi connectivity index (χ0) is 21.5. The second-order valence-corrected chi connectivity index (χ2v) is 7.90. The van der Waals surface area contributed by atoms with Crippen molar-refractivity contribution in [3.8, 4) is 0 Å². The minimum atomic E-state index is -10.7. The van der Waals surface area contributed by atoms with Gasteiger partial charge in [-0.05, 0) is 17.3 Å². The van der Waals surface area contributed by atoms with Crippen molar-refractivity contribution in [3.05, 3.63) is 24.3 Å². The van der Waals surface area contributed by atoms with Crippen molar-refractivity contribution in [3.63, 3.8) is 0 Å². The van der Waals surface area contributed by atoms with Gasteiger partial charge in [0.2, 0.25) is 0 Å². The summed E-state index contributed by atoms with van der Waals surface area (Å²) in [4.78, 5) is 8.99. The summed E-state index contributed by atoms with van der Waals surface area (Å²) in [5, 5.41) is 8.19. The van der Waals surface area contributed by atoms with Gasteiger partial charge in [-0.2, -0.15) is 0 Å². The van der Waals surface area contributed by atoms with Gasteiger partial charge in [0, 0.05) is 0 Å². The Bertz CT molecular complexity index is 766. The third-order valence-electron chi connectivity index (χ3n) is 2.25. The molecule has 0 aliphatic heterocycles. The van der Waals surface area contributed by atoms with Crippen molar-refractivity contribution >= 4 is 48.1 Å². The first-order valence-electron chi connectivity index (χ1n) is 6.85. The van der Waals surface area contributed by atoms with Crippen LogP contribution in [0.4, 0.5) is 25.2 Å². The van der Waals surface area contributed by atoms with Crippen LogP contribution in [0.15, 0.2) is 24.3 Å². The summed E-state index contributed by atoms with van der Waals surface area (Å²) in [6.07, 6.45) is 0. The van der Waals surface area contributed by atoms with Crippen molar-refractivity contribution < 1.29 is 34.6 Å². The van der Waals surface area contributed by atoms with E-state index in [4.69, 9.17) is 28.0 Å². The fourth-order valence-electron chi connectivity index (χ4n) is 1.56. The van der Waals surface area contributed by atoms with E-state index >= 15 is 0 Å². The van der Waals surface area contributed by atoms with E-state index < -0.39 is 7.81 Å². The molecule has 0 amide bonds. The van der Waals surface area contributed by atoms with Gasteiger partial charge in [0.1, 0.15) is 11.0 Å². The van der Waals surface area contributed by atoms with Crippen molar-refractivity contribution in [2.45, 2.75) is 0 Å². The second-order valence-electron chi connectivity index (χ2n) is 5.17. The summed E-state index contributed by atoms with van der Waals surface area (Å²) < 4.78 is 61.1. The van der Waals surface area contributed by atoms with Gasteiger partial charge in [0.05, 0.1) is 33.5 Å². The van der Waals surface area contributed by atoms with Crippen LogP contribution >= 0.6 is 31.0 Å². The fraction of sp³-hybridized carbons (Fsp3) is 0.417. The number of halogens is 8. The minimum absolute atomic E-state index is 0.194. The molecule has 0 saturated heterocycles. The molecule has 0 spiro atoms. The molecule has 1 heterocycles. The SMILES string of the molecule is CN(C)C(On1nnc2ccccc21)=[N+](C)C.ClCCl.F[P-](F)(F)(F)(F)F. The molecule has 0 N–H and O–H groups in total. The first-order valence-corrected chi connectivity index (χ1v) is 9.94. The molecule has 1 aromatic carbocycles. The molecule has 6 nitrogen and oxygen atoms in total. The first kappa shape index (κ1) is 25.5. The topological polar surface area (TPSA) is 46.2 Å². The summed E-state index contributed by atoms with van der Waals surface area (Å²) in [7, 11) is -3.01. The number of benzene rings is 1. The van der Waals surface area contributed by atoms with Crippen molar-refractivity contribution in [2.24, 2.45) is 0 Å². The van der Waals surface area contributed by atoms with E-state index in [0.717, 1.165) is 11.0 Å². The van der Waals surface area contributed by atoms with Gasteiger partial charge in [-0.25, -0.2) is 9.48 Å². The second kappa shape index (κ2) is 8.66. The van der Waals surface area contributed by atoms with Gasteiger partial charge < -0.3 is 0 Å². The predicted molar refractivity (Wildman–Crippen MR) is 95.1 cm³/mol. The Morgan fingerprint density at radius 3 is 1.96 bits per heavy atom. The molecule has 0 aliphatic carbocycles. The first-order chi connectivity index (χ1) is 12.0. The standard InChI is InChI=1S/C11H16N5O.CH2Cl2.F6P/c1-14(2)11(15(3)4)17-16-10-8-6-5-7-9(10)12-13-16;2-1-3;1-7(2,3,4,5)6/h5-8H,1-4H3;1H2;/q+1;;-1. The van der Waals surface area contributed by atoms with Crippen LogP contribution in [0, 0.1) is 0 Å². The number of rotatable bonds is 1. The number of aromatic nitrogens is 3. The molecule has 0 fully saturated rings. The Kier molecular flexibility index (Phi) is 8.17. The van der Waals surface area contributed by atoms with Crippen LogP contribution in [0.2, 0.25) is 0 Å². The van der Waals surface area contributed by atoms with E-state index in [1.54, 1.807) is 0 Å². The molecule has 1 aromatic heterocycles. The van der Waals surface area contributed by atoms with Crippen LogP contribution in [0.1, 0.15) is 0 Å². The molecule has 15 heteroatoms. The van der Waals surface area contributed by atoms with E-state index in [2.05, 4.69) is 10.3 Å². The Hall–Kier alpha value is -1.52. The number of alkyl halides is 2. The van der Waals surface area contributed by atoms with E-state index in [9.17, 15) is 25.2 Å². The zero-order valence-corrected chi connectivity index (χ0v) is 17.0. The summed E-state index contributed by atoms with van der Waals surface area (Å²) >= 11 is 9.53. The van der Waals surface area contributed by atoms with Gasteiger partial charge >= 0.3 is 39.0 Å². The summed E-state index contributed by atoms with van der Waals surface area (Å²) in [5.74, 6) is 0. The maximum atomic E-state index is 9.87. The van der Waals surface area contributed by atoms with Crippen LogP contribution < -0.4 is 4.84 Å². The normalized spacial score (nSPS) is 13.2. The molecule has 0 unspecified atom stereocenters. The van der Waals surface area contributed by atoms with E-state index in [-0.39, 0.29) is 5.34 Å². The van der Waals surface area contributed by atoms with Gasteiger partial charge in [0.15, 0.2) is 0 Å². The average Bonchev–Trinajstić information content (AvgIpc) is 2.84. The van der Waals surface area contributed by atoms with Gasteiger partial charge in [-0.15, -0.1) is 28.3 Å². The average molecular weight is 464 g/mol. The molecule has 0 atom stereocenters. The summed E-state index contributed by atoms with van der Waals surface area (Å²) in [6, 6.07) is 8.34. The van der Waals surface area contributed by atoms with Crippen molar-refractivity contribution in [2.75, 3.05) is 33.5 Å². The maximum absolute atomic E-state index is 10.7. The molecular formula is C12H18Cl2F6N5OP. The number of nitrogens with zero attached hydrogens (tertiary/aromatic N) is 5. The van der Waals surface area contributed by atoms with Gasteiger partial charge in [-0.3, -0.25) is 4.84 Å². The Balaban J connectivity index is 0.000000568. The predicted octanol–water partition coefficient (Wildman–Crippen LogP) is 4.85. The molecule has 0 aliphatic rings. The number of para-hydroxylation sites is 1. The Morgan fingerprint density at radius 1 is 1.11 bits per heavy atom. The summed E-state index contributed by atoms with van der Waals surface area (Å²) in [5.41, 5.74) is 1.65. The van der Waals surface area contributed by atoms with E-state index in [1.165, 1.54) is 4.85 Å². The van der Waals surface area contributed by atoms with Crippen LogP contribution in [0.25, 0.3) is 11.0 Å². The molecule has 0 bridgehead atoms. The van der Waals surface area contributed by atoms with Crippen LogP contribution in [-0.4, -0.2) is 64.2 Å². The molecule has 158 valence electrons. The third kappa shape index (κ3) is 13.3. The van der Waals surface area contributed by atoms with Crippen LogP contribution in [-0.2, 0) is 0 Å². The molecular weight excluding hydrogens is 446 g/mol. The van der Waals surface area contributed by atoms with Gasteiger partial charge in [-0.1, -0.05) is 17.0 Å². The number of hydrogen-bond donors (Lipinski definition) is 0. The van der Waals surface area contributed by atoms with Gasteiger partial charge in [0.25, 0.3) is 0 Å².